The molecule has 1 fully saturated rings. The Balaban J connectivity index is 1.66. The van der Waals surface area contributed by atoms with Crippen LogP contribution in [-0.2, 0) is 15.7 Å². The van der Waals surface area contributed by atoms with Gasteiger partial charge in [0.05, 0.1) is 23.7 Å². The zero-order valence-corrected chi connectivity index (χ0v) is 22.0. The molecule has 0 saturated carbocycles. The number of ether oxygens (including phenoxy) is 2. The van der Waals surface area contributed by atoms with E-state index in [9.17, 15) is 41.0 Å². The number of halogens is 6. The second-order valence-corrected chi connectivity index (χ2v) is 10.1. The number of carbonyl (C=O) groups excluding carboxylic acids is 1. The van der Waals surface area contributed by atoms with Crippen LogP contribution in [0.1, 0.15) is 31.9 Å². The molecular formula is C26H26F6N4O5. The van der Waals surface area contributed by atoms with E-state index in [0.717, 1.165) is 17.0 Å². The monoisotopic (exact) mass is 588 g/mol. The van der Waals surface area contributed by atoms with Gasteiger partial charge in [0.15, 0.2) is 0 Å². The minimum atomic E-state index is -4.95. The normalized spacial score (nSPS) is 17.6. The van der Waals surface area contributed by atoms with Crippen LogP contribution < -0.4 is 15.0 Å². The standard InChI is InChI=1S/C26H26F6N4O5/c1-24(2,3)36(23(38)39)13-21(37)34-16-5-8-18(9-6-16)40-14-19-12-35(22(41-19)26(30,31)32)17-7-4-15(11-33)20(10-17)25(27,28)29/h4-10,19,22H,12-14H2,1-3H3,(H,34,37)(H,38,39)/t19-,22+/m0/s1. The van der Waals surface area contributed by atoms with Gasteiger partial charge < -0.3 is 24.8 Å². The number of hydrogen-bond donors (Lipinski definition) is 2. The first kappa shape index (κ1) is 31.3. The van der Waals surface area contributed by atoms with Crippen LogP contribution in [0.5, 0.6) is 5.75 Å². The number of nitrogens with zero attached hydrogens (tertiary/aromatic N) is 3. The van der Waals surface area contributed by atoms with Crippen LogP contribution in [0.25, 0.3) is 0 Å². The van der Waals surface area contributed by atoms with Crippen molar-refractivity contribution in [2.45, 2.75) is 51.0 Å². The van der Waals surface area contributed by atoms with Gasteiger partial charge in [-0.05, 0) is 63.2 Å². The summed E-state index contributed by atoms with van der Waals surface area (Å²) in [4.78, 5) is 25.3. The minimum absolute atomic E-state index is 0.202. The second-order valence-electron chi connectivity index (χ2n) is 10.1. The molecule has 222 valence electrons. The number of rotatable bonds is 7. The highest BCUT2D eigenvalue weighted by molar-refractivity contribution is 5.93. The highest BCUT2D eigenvalue weighted by atomic mass is 19.4. The summed E-state index contributed by atoms with van der Waals surface area (Å²) in [7, 11) is 0. The van der Waals surface area contributed by atoms with E-state index in [2.05, 4.69) is 5.32 Å². The van der Waals surface area contributed by atoms with Gasteiger partial charge in [-0.25, -0.2) is 4.79 Å². The molecule has 1 saturated heterocycles. The van der Waals surface area contributed by atoms with E-state index in [1.807, 2.05) is 0 Å². The number of nitrogens with one attached hydrogen (secondary N) is 1. The number of carbonyl (C=O) groups is 2. The Kier molecular flexibility index (Phi) is 8.97. The first-order valence-corrected chi connectivity index (χ1v) is 12.0. The molecule has 2 aromatic rings. The van der Waals surface area contributed by atoms with E-state index in [-0.39, 0.29) is 12.4 Å². The van der Waals surface area contributed by atoms with E-state index >= 15 is 0 Å². The summed E-state index contributed by atoms with van der Waals surface area (Å²) >= 11 is 0. The molecule has 1 heterocycles. The number of hydrogen-bond acceptors (Lipinski definition) is 6. The van der Waals surface area contributed by atoms with Gasteiger partial charge in [0.2, 0.25) is 12.1 Å². The summed E-state index contributed by atoms with van der Waals surface area (Å²) < 4.78 is 91.8. The van der Waals surface area contributed by atoms with Gasteiger partial charge in [-0.2, -0.15) is 31.6 Å². The molecule has 1 aliphatic heterocycles. The van der Waals surface area contributed by atoms with Crippen LogP contribution in [0.2, 0.25) is 0 Å². The SMILES string of the molecule is CC(C)(C)N(CC(=O)Nc1ccc(OC[C@@H]2CN(c3ccc(C#N)c(C(F)(F)F)c3)[C@@H](C(F)(F)F)O2)cc1)C(=O)O. The van der Waals surface area contributed by atoms with Gasteiger partial charge in [0.1, 0.15) is 25.0 Å². The predicted molar refractivity (Wildman–Crippen MR) is 133 cm³/mol. The number of benzene rings is 2. The lowest BCUT2D eigenvalue weighted by Gasteiger charge is -2.32. The van der Waals surface area contributed by atoms with Crippen LogP contribution in [0.3, 0.4) is 0 Å². The Morgan fingerprint density at radius 2 is 1.76 bits per heavy atom. The molecule has 2 N–H and O–H groups in total. The fourth-order valence-electron chi connectivity index (χ4n) is 4.00. The molecule has 15 heteroatoms. The van der Waals surface area contributed by atoms with Gasteiger partial charge in [0.25, 0.3) is 0 Å². The molecule has 2 aromatic carbocycles. The third-order valence-corrected chi connectivity index (χ3v) is 5.96. The Morgan fingerprint density at radius 3 is 2.27 bits per heavy atom. The minimum Gasteiger partial charge on any atom is -0.491 e. The number of carboxylic acid groups (broad SMARTS) is 1. The maximum atomic E-state index is 13.7. The van der Waals surface area contributed by atoms with E-state index in [4.69, 9.17) is 14.7 Å². The molecule has 0 bridgehead atoms. The maximum absolute atomic E-state index is 13.7. The zero-order chi connectivity index (χ0) is 30.8. The summed E-state index contributed by atoms with van der Waals surface area (Å²) in [6, 6.07) is 9.36. The summed E-state index contributed by atoms with van der Waals surface area (Å²) in [6.07, 6.45) is -14.9. The molecule has 0 radical (unpaired) electrons. The molecule has 3 rings (SSSR count). The van der Waals surface area contributed by atoms with Crippen molar-refractivity contribution in [3.63, 3.8) is 0 Å². The molecule has 41 heavy (non-hydrogen) atoms. The van der Waals surface area contributed by atoms with Gasteiger partial charge in [0, 0.05) is 16.9 Å². The quantitative estimate of drug-likeness (QED) is 0.413. The van der Waals surface area contributed by atoms with Crippen LogP contribution >= 0.6 is 0 Å². The lowest BCUT2D eigenvalue weighted by molar-refractivity contribution is -0.215. The van der Waals surface area contributed by atoms with Crippen LogP contribution in [-0.4, -0.2) is 65.8 Å². The maximum Gasteiger partial charge on any atom is 0.433 e. The van der Waals surface area contributed by atoms with Crippen molar-refractivity contribution in [3.8, 4) is 11.8 Å². The molecule has 0 aromatic heterocycles. The average molecular weight is 589 g/mol. The van der Waals surface area contributed by atoms with Crippen molar-refractivity contribution in [2.75, 3.05) is 29.9 Å². The van der Waals surface area contributed by atoms with E-state index in [1.54, 1.807) is 20.8 Å². The lowest BCUT2D eigenvalue weighted by atomic mass is 10.1. The van der Waals surface area contributed by atoms with Crippen molar-refractivity contribution in [1.82, 2.24) is 4.90 Å². The van der Waals surface area contributed by atoms with Crippen molar-refractivity contribution in [3.05, 3.63) is 53.6 Å². The number of amides is 2. The zero-order valence-electron chi connectivity index (χ0n) is 22.0. The molecule has 2 amide bonds. The van der Waals surface area contributed by atoms with Crippen LogP contribution in [0, 0.1) is 11.3 Å². The van der Waals surface area contributed by atoms with Crippen molar-refractivity contribution in [1.29, 1.82) is 5.26 Å². The van der Waals surface area contributed by atoms with Gasteiger partial charge in [-0.15, -0.1) is 0 Å². The lowest BCUT2D eigenvalue weighted by Crippen LogP contribution is -2.48. The summed E-state index contributed by atoms with van der Waals surface area (Å²) in [5.41, 5.74) is -3.01. The number of anilines is 2. The molecule has 0 unspecified atom stereocenters. The molecular weight excluding hydrogens is 562 g/mol. The Bertz CT molecular complexity index is 1300. The van der Waals surface area contributed by atoms with Crippen molar-refractivity contribution in [2.24, 2.45) is 0 Å². The third kappa shape index (κ3) is 7.94. The highest BCUT2D eigenvalue weighted by Gasteiger charge is 2.51. The summed E-state index contributed by atoms with van der Waals surface area (Å²) in [5.74, 6) is -0.390. The largest absolute Gasteiger partial charge is 0.491 e. The average Bonchev–Trinajstić information content (AvgIpc) is 3.30. The van der Waals surface area contributed by atoms with Gasteiger partial charge in [-0.3, -0.25) is 9.69 Å². The fourth-order valence-corrected chi connectivity index (χ4v) is 4.00. The highest BCUT2D eigenvalue weighted by Crippen LogP contribution is 2.39. The Morgan fingerprint density at radius 1 is 1.12 bits per heavy atom. The second kappa shape index (κ2) is 11.7. The van der Waals surface area contributed by atoms with E-state index in [0.29, 0.717) is 16.7 Å². The van der Waals surface area contributed by atoms with Crippen LogP contribution in [0.4, 0.5) is 42.5 Å². The molecule has 9 nitrogen and oxygen atoms in total. The van der Waals surface area contributed by atoms with Gasteiger partial charge in [-0.1, -0.05) is 0 Å². The topological polar surface area (TPSA) is 115 Å². The predicted octanol–water partition coefficient (Wildman–Crippen LogP) is 5.47. The molecule has 0 aliphatic carbocycles. The smallest absolute Gasteiger partial charge is 0.433 e. The first-order valence-electron chi connectivity index (χ1n) is 12.0. The summed E-state index contributed by atoms with van der Waals surface area (Å²) in [5, 5.41) is 20.8. The van der Waals surface area contributed by atoms with Crippen molar-refractivity contribution < 1.29 is 50.5 Å². The third-order valence-electron chi connectivity index (χ3n) is 5.96. The molecule has 2 atom stereocenters. The Hall–Kier alpha value is -4.19. The van der Waals surface area contributed by atoms with Crippen molar-refractivity contribution >= 4 is 23.4 Å². The summed E-state index contributed by atoms with van der Waals surface area (Å²) in [6.45, 7) is 3.65. The van der Waals surface area contributed by atoms with Gasteiger partial charge >= 0.3 is 18.4 Å². The molecule has 1 aliphatic rings. The molecule has 0 spiro atoms. The van der Waals surface area contributed by atoms with E-state index < -0.39 is 72.1 Å². The number of nitriles is 1. The van der Waals surface area contributed by atoms with Crippen LogP contribution in [0.15, 0.2) is 42.5 Å². The first-order chi connectivity index (χ1) is 18.9. The fraction of sp³-hybridized carbons (Fsp3) is 0.423. The Labute approximate surface area is 230 Å². The number of alkyl halides is 6. The van der Waals surface area contributed by atoms with E-state index in [1.165, 1.54) is 30.3 Å².